The summed E-state index contributed by atoms with van der Waals surface area (Å²) in [5.74, 6) is 0.581. The van der Waals surface area contributed by atoms with E-state index in [-0.39, 0.29) is 17.9 Å². The van der Waals surface area contributed by atoms with E-state index in [0.29, 0.717) is 11.5 Å². The molecule has 0 aliphatic heterocycles. The molecule has 0 bridgehead atoms. The van der Waals surface area contributed by atoms with Crippen LogP contribution >= 0.6 is 0 Å². The second kappa shape index (κ2) is 6.42. The monoisotopic (exact) mass is 274 g/mol. The summed E-state index contributed by atoms with van der Waals surface area (Å²) in [6.07, 6.45) is 1.49. The van der Waals surface area contributed by atoms with Crippen molar-refractivity contribution < 1.29 is 14.3 Å². The van der Waals surface area contributed by atoms with Gasteiger partial charge in [-0.25, -0.2) is 0 Å². The van der Waals surface area contributed by atoms with Gasteiger partial charge in [0, 0.05) is 6.20 Å². The third-order valence-electron chi connectivity index (χ3n) is 2.52. The zero-order valence-corrected chi connectivity index (χ0v) is 10.9. The number of aromatic amines is 1. The van der Waals surface area contributed by atoms with Crippen LogP contribution in [0.3, 0.4) is 0 Å². The Morgan fingerprint density at radius 2 is 1.95 bits per heavy atom. The van der Waals surface area contributed by atoms with Crippen LogP contribution in [0.15, 0.2) is 47.4 Å². The second-order valence-corrected chi connectivity index (χ2v) is 3.90. The Morgan fingerprint density at radius 1 is 1.20 bits per heavy atom. The molecule has 1 amide bonds. The minimum absolute atomic E-state index is 0.182. The van der Waals surface area contributed by atoms with Crippen LogP contribution < -0.4 is 20.3 Å². The van der Waals surface area contributed by atoms with Crippen LogP contribution in [-0.2, 0) is 4.79 Å². The maximum atomic E-state index is 11.7. The van der Waals surface area contributed by atoms with Crippen LogP contribution in [0.1, 0.15) is 0 Å². The first kappa shape index (κ1) is 13.7. The molecule has 6 heteroatoms. The summed E-state index contributed by atoms with van der Waals surface area (Å²) < 4.78 is 10.5. The van der Waals surface area contributed by atoms with Crippen molar-refractivity contribution in [2.24, 2.45) is 0 Å². The van der Waals surface area contributed by atoms with E-state index in [1.54, 1.807) is 30.3 Å². The fourth-order valence-corrected chi connectivity index (χ4v) is 1.59. The number of anilines is 1. The Morgan fingerprint density at radius 3 is 2.65 bits per heavy atom. The number of rotatable bonds is 5. The Hall–Kier alpha value is -2.76. The molecule has 0 unspecified atom stereocenters. The number of hydrogen-bond acceptors (Lipinski definition) is 4. The van der Waals surface area contributed by atoms with Gasteiger partial charge in [0.05, 0.1) is 7.11 Å². The fraction of sp³-hybridized carbons (Fsp3) is 0.143. The molecule has 0 saturated carbocycles. The molecule has 2 N–H and O–H groups in total. The molecule has 20 heavy (non-hydrogen) atoms. The first-order valence-corrected chi connectivity index (χ1v) is 5.94. The van der Waals surface area contributed by atoms with Crippen LogP contribution in [-0.4, -0.2) is 24.6 Å². The van der Waals surface area contributed by atoms with E-state index in [2.05, 4.69) is 10.3 Å². The summed E-state index contributed by atoms with van der Waals surface area (Å²) in [7, 11) is 1.52. The van der Waals surface area contributed by atoms with Crippen molar-refractivity contribution >= 4 is 11.6 Å². The van der Waals surface area contributed by atoms with Gasteiger partial charge in [0.2, 0.25) is 0 Å². The molecular weight excluding hydrogens is 260 g/mol. The normalized spacial score (nSPS) is 9.85. The van der Waals surface area contributed by atoms with Gasteiger partial charge < -0.3 is 19.8 Å². The number of pyridine rings is 1. The fourth-order valence-electron chi connectivity index (χ4n) is 1.59. The van der Waals surface area contributed by atoms with Crippen molar-refractivity contribution in [2.75, 3.05) is 19.0 Å². The Balaban J connectivity index is 1.96. The molecule has 0 spiro atoms. The molecule has 104 valence electrons. The number of aromatic nitrogens is 1. The highest BCUT2D eigenvalue weighted by molar-refractivity contribution is 5.91. The molecule has 0 aliphatic carbocycles. The summed E-state index contributed by atoms with van der Waals surface area (Å²) >= 11 is 0. The summed E-state index contributed by atoms with van der Waals surface area (Å²) in [4.78, 5) is 25.6. The summed E-state index contributed by atoms with van der Waals surface area (Å²) in [6.45, 7) is -0.214. The van der Waals surface area contributed by atoms with E-state index < -0.39 is 5.91 Å². The second-order valence-electron chi connectivity index (χ2n) is 3.90. The van der Waals surface area contributed by atoms with Crippen molar-refractivity contribution in [2.45, 2.75) is 0 Å². The highest BCUT2D eigenvalue weighted by Crippen LogP contribution is 2.25. The lowest BCUT2D eigenvalue weighted by Gasteiger charge is -2.10. The number of benzene rings is 1. The first-order chi connectivity index (χ1) is 9.70. The van der Waals surface area contributed by atoms with Crippen LogP contribution in [0, 0.1) is 0 Å². The van der Waals surface area contributed by atoms with Crippen molar-refractivity contribution in [1.29, 1.82) is 0 Å². The first-order valence-electron chi connectivity index (χ1n) is 5.94. The molecule has 1 aromatic carbocycles. The minimum Gasteiger partial charge on any atom is -0.493 e. The highest BCUT2D eigenvalue weighted by Gasteiger charge is 2.08. The largest absolute Gasteiger partial charge is 0.493 e. The predicted octanol–water partition coefficient (Wildman–Crippen LogP) is 1.40. The quantitative estimate of drug-likeness (QED) is 0.863. The smallest absolute Gasteiger partial charge is 0.271 e. The van der Waals surface area contributed by atoms with Gasteiger partial charge in [-0.1, -0.05) is 12.1 Å². The number of carbonyl (C=O) groups excluding carboxylic acids is 1. The predicted molar refractivity (Wildman–Crippen MR) is 74.2 cm³/mol. The third kappa shape index (κ3) is 3.38. The zero-order chi connectivity index (χ0) is 14.4. The van der Waals surface area contributed by atoms with Crippen LogP contribution in [0.2, 0.25) is 0 Å². The maximum absolute atomic E-state index is 11.7. The lowest BCUT2D eigenvalue weighted by molar-refractivity contribution is -0.118. The van der Waals surface area contributed by atoms with E-state index in [0.717, 1.165) is 0 Å². The van der Waals surface area contributed by atoms with E-state index >= 15 is 0 Å². The van der Waals surface area contributed by atoms with Crippen LogP contribution in [0.5, 0.6) is 11.5 Å². The van der Waals surface area contributed by atoms with Gasteiger partial charge in [0.15, 0.2) is 18.1 Å². The van der Waals surface area contributed by atoms with Gasteiger partial charge >= 0.3 is 0 Å². The average molecular weight is 274 g/mol. The molecular formula is C14H14N2O4. The summed E-state index contributed by atoms with van der Waals surface area (Å²) in [5.41, 5.74) is -0.181. The Bertz CT molecular complexity index is 651. The van der Waals surface area contributed by atoms with Gasteiger partial charge in [0.25, 0.3) is 11.5 Å². The average Bonchev–Trinajstić information content (AvgIpc) is 2.48. The zero-order valence-electron chi connectivity index (χ0n) is 10.9. The topological polar surface area (TPSA) is 80.4 Å². The number of amides is 1. The number of H-pyrrole nitrogens is 1. The molecule has 0 radical (unpaired) electrons. The molecule has 2 aromatic rings. The summed E-state index contributed by atoms with van der Waals surface area (Å²) in [6, 6.07) is 10.1. The van der Waals surface area contributed by atoms with Gasteiger partial charge in [0.1, 0.15) is 5.69 Å². The Labute approximate surface area is 115 Å². The van der Waals surface area contributed by atoms with E-state index in [4.69, 9.17) is 9.47 Å². The van der Waals surface area contributed by atoms with E-state index in [9.17, 15) is 9.59 Å². The van der Waals surface area contributed by atoms with Crippen molar-refractivity contribution in [3.63, 3.8) is 0 Å². The highest BCUT2D eigenvalue weighted by atomic mass is 16.5. The molecule has 0 saturated heterocycles. The van der Waals surface area contributed by atoms with Gasteiger partial charge in [-0.2, -0.15) is 0 Å². The lowest BCUT2D eigenvalue weighted by atomic mass is 10.3. The molecule has 1 aromatic heterocycles. The number of carbonyl (C=O) groups is 1. The molecule has 6 nitrogen and oxygen atoms in total. The number of nitrogens with one attached hydrogen (secondary N) is 2. The van der Waals surface area contributed by atoms with Crippen molar-refractivity contribution in [1.82, 2.24) is 4.98 Å². The number of ether oxygens (including phenoxy) is 2. The number of methoxy groups -OCH3 is 1. The number of para-hydroxylation sites is 2. The van der Waals surface area contributed by atoms with Crippen LogP contribution in [0.4, 0.5) is 5.69 Å². The van der Waals surface area contributed by atoms with E-state index in [1.807, 2.05) is 0 Å². The molecule has 0 atom stereocenters. The van der Waals surface area contributed by atoms with Gasteiger partial charge in [-0.15, -0.1) is 0 Å². The van der Waals surface area contributed by atoms with Crippen molar-refractivity contribution in [3.8, 4) is 11.5 Å². The maximum Gasteiger partial charge on any atom is 0.271 e. The van der Waals surface area contributed by atoms with Gasteiger partial charge in [-0.05, 0) is 24.3 Å². The molecule has 0 fully saturated rings. The van der Waals surface area contributed by atoms with Gasteiger partial charge in [-0.3, -0.25) is 9.59 Å². The lowest BCUT2D eigenvalue weighted by Crippen LogP contribution is -2.24. The van der Waals surface area contributed by atoms with E-state index in [1.165, 1.54) is 19.4 Å². The number of hydrogen-bond donors (Lipinski definition) is 2. The van der Waals surface area contributed by atoms with Crippen LogP contribution in [0.25, 0.3) is 0 Å². The molecule has 1 heterocycles. The standard InChI is InChI=1S/C14H14N2O4/c1-19-11-6-2-3-7-12(11)20-9-13(17)16-10-5-4-8-15-14(10)18/h2-8H,9H2,1H3,(H,15,18)(H,16,17). The third-order valence-corrected chi connectivity index (χ3v) is 2.52. The molecule has 2 rings (SSSR count). The minimum atomic E-state index is -0.424. The Kier molecular flexibility index (Phi) is 4.39. The van der Waals surface area contributed by atoms with Crippen molar-refractivity contribution in [3.05, 3.63) is 52.9 Å². The summed E-state index contributed by atoms with van der Waals surface area (Å²) in [5, 5.41) is 2.47. The SMILES string of the molecule is COc1ccccc1OCC(=O)Nc1ccc[nH]c1=O. The molecule has 0 aliphatic rings.